The summed E-state index contributed by atoms with van der Waals surface area (Å²) in [5.41, 5.74) is 6.34. The maximum atomic E-state index is 13.5. The van der Waals surface area contributed by atoms with Crippen molar-refractivity contribution < 1.29 is 9.18 Å². The Bertz CT molecular complexity index is 935. The first-order chi connectivity index (χ1) is 11.8. The summed E-state index contributed by atoms with van der Waals surface area (Å²) < 4.78 is 13.5. The molecule has 1 aromatic heterocycles. The van der Waals surface area contributed by atoms with Crippen molar-refractivity contribution in [3.8, 4) is 17.2 Å². The van der Waals surface area contributed by atoms with Crippen molar-refractivity contribution in [3.63, 3.8) is 0 Å². The van der Waals surface area contributed by atoms with Crippen molar-refractivity contribution in [1.82, 2.24) is 4.90 Å². The third-order valence-corrected chi connectivity index (χ3v) is 5.57. The summed E-state index contributed by atoms with van der Waals surface area (Å²) in [5, 5.41) is 10.8. The van der Waals surface area contributed by atoms with Crippen LogP contribution in [0.2, 0.25) is 5.82 Å². The van der Waals surface area contributed by atoms with E-state index in [0.717, 1.165) is 10.4 Å². The second-order valence-corrected chi connectivity index (χ2v) is 6.91. The lowest BCUT2D eigenvalue weighted by Crippen LogP contribution is -2.51. The second kappa shape index (κ2) is 6.01. The maximum Gasteiger partial charge on any atom is 0.226 e. The number of nitrogens with zero attached hydrogens (tertiary/aromatic N) is 3. The highest BCUT2D eigenvalue weighted by atomic mass is 32.1. The number of benzene rings is 1. The zero-order valence-electron chi connectivity index (χ0n) is 13.7. The van der Waals surface area contributed by atoms with Crippen LogP contribution in [0.4, 0.5) is 4.39 Å². The Morgan fingerprint density at radius 1 is 1.44 bits per heavy atom. The highest BCUT2D eigenvalue weighted by molar-refractivity contribution is 7.10. The molecule has 0 aliphatic carbocycles. The normalized spacial score (nSPS) is 23.3. The van der Waals surface area contributed by atoms with E-state index in [9.17, 15) is 9.18 Å². The van der Waals surface area contributed by atoms with Gasteiger partial charge in [-0.3, -0.25) is 9.69 Å². The van der Waals surface area contributed by atoms with Crippen LogP contribution in [0.5, 0.6) is 0 Å². The predicted octanol–water partition coefficient (Wildman–Crippen LogP) is 2.38. The van der Waals surface area contributed by atoms with Crippen LogP contribution in [0.15, 0.2) is 34.6 Å². The third kappa shape index (κ3) is 2.70. The van der Waals surface area contributed by atoms with E-state index < -0.39 is 17.2 Å². The minimum atomic E-state index is -0.977. The van der Waals surface area contributed by atoms with Crippen LogP contribution in [-0.4, -0.2) is 31.7 Å². The number of thiophene rings is 1. The van der Waals surface area contributed by atoms with Crippen LogP contribution in [0.3, 0.4) is 0 Å². The van der Waals surface area contributed by atoms with Crippen molar-refractivity contribution in [2.45, 2.75) is 18.3 Å². The van der Waals surface area contributed by atoms with E-state index in [1.807, 2.05) is 17.5 Å². The number of aliphatic imine (C=N–C) groups is 1. The van der Waals surface area contributed by atoms with Crippen LogP contribution in [0.25, 0.3) is 11.1 Å². The number of halogens is 1. The highest BCUT2D eigenvalue weighted by Gasteiger charge is 2.43. The molecule has 25 heavy (non-hydrogen) atoms. The molecule has 8 heteroatoms. The van der Waals surface area contributed by atoms with Gasteiger partial charge >= 0.3 is 0 Å². The number of rotatable bonds is 2. The van der Waals surface area contributed by atoms with Crippen molar-refractivity contribution in [2.75, 3.05) is 7.05 Å². The Kier molecular flexibility index (Phi) is 4.13. The van der Waals surface area contributed by atoms with Crippen LogP contribution in [-0.2, 0) is 10.3 Å². The monoisotopic (exact) mass is 352 g/mol. The molecule has 2 radical (unpaired) electrons. The van der Waals surface area contributed by atoms with Crippen LogP contribution >= 0.6 is 11.3 Å². The van der Waals surface area contributed by atoms with Gasteiger partial charge in [-0.1, -0.05) is 6.07 Å². The van der Waals surface area contributed by atoms with Gasteiger partial charge in [0.05, 0.1) is 18.9 Å². The quantitative estimate of drug-likeness (QED) is 0.843. The van der Waals surface area contributed by atoms with Gasteiger partial charge < -0.3 is 5.73 Å². The lowest BCUT2D eigenvalue weighted by Gasteiger charge is -2.38. The molecule has 0 fully saturated rings. The van der Waals surface area contributed by atoms with Crippen molar-refractivity contribution in [3.05, 3.63) is 45.9 Å². The zero-order chi connectivity index (χ0) is 18.4. The van der Waals surface area contributed by atoms with Gasteiger partial charge in [0.1, 0.15) is 11.9 Å². The summed E-state index contributed by atoms with van der Waals surface area (Å²) in [7, 11) is 7.65. The maximum absolute atomic E-state index is 13.5. The lowest BCUT2D eigenvalue weighted by molar-refractivity contribution is -0.128. The van der Waals surface area contributed by atoms with E-state index >= 15 is 0 Å². The molecule has 0 spiro atoms. The summed E-state index contributed by atoms with van der Waals surface area (Å²) in [5.74, 6) is -1.62. The standard InChI is InChI=1S/C17H14BFN4OS/c1-17(14(18)15(24)23(2)16(21)22-17)13-6-11(8-25-13)9-3-4-12(19)10(5-9)7-20/h3-6,8,14H,1-2H3,(H2,21,22)/t14?,17-/m1/s1. The Morgan fingerprint density at radius 3 is 2.84 bits per heavy atom. The summed E-state index contributed by atoms with van der Waals surface area (Å²) in [6.45, 7) is 1.76. The highest BCUT2D eigenvalue weighted by Crippen LogP contribution is 2.44. The molecule has 2 N–H and O–H groups in total. The fourth-order valence-electron chi connectivity index (χ4n) is 2.70. The Morgan fingerprint density at radius 2 is 2.16 bits per heavy atom. The predicted molar refractivity (Wildman–Crippen MR) is 95.7 cm³/mol. The largest absolute Gasteiger partial charge is 0.369 e. The van der Waals surface area contributed by atoms with Crippen LogP contribution in [0, 0.1) is 17.1 Å². The van der Waals surface area contributed by atoms with Crippen LogP contribution < -0.4 is 5.73 Å². The van der Waals surface area contributed by atoms with Gasteiger partial charge in [0.15, 0.2) is 5.96 Å². The molecule has 2 aromatic rings. The summed E-state index contributed by atoms with van der Waals surface area (Å²) in [6.07, 6.45) is 0. The molecule has 2 heterocycles. The number of nitrogens with two attached hydrogens (primary N) is 1. The van der Waals surface area contributed by atoms with Gasteiger partial charge in [-0.2, -0.15) is 5.26 Å². The Hall–Kier alpha value is -2.66. The molecule has 3 rings (SSSR count). The molecular weight excluding hydrogens is 338 g/mol. The molecule has 5 nitrogen and oxygen atoms in total. The topological polar surface area (TPSA) is 82.5 Å². The Labute approximate surface area is 150 Å². The lowest BCUT2D eigenvalue weighted by atomic mass is 9.69. The van der Waals surface area contributed by atoms with E-state index in [0.29, 0.717) is 5.56 Å². The molecule has 0 bridgehead atoms. The average Bonchev–Trinajstić information content (AvgIpc) is 3.09. The van der Waals surface area contributed by atoms with Gasteiger partial charge in [0, 0.05) is 17.7 Å². The molecule has 1 amide bonds. The van der Waals surface area contributed by atoms with Gasteiger partial charge in [-0.15, -0.1) is 11.3 Å². The fourth-order valence-corrected chi connectivity index (χ4v) is 3.76. The minimum Gasteiger partial charge on any atom is -0.369 e. The molecule has 0 saturated heterocycles. The van der Waals surface area contributed by atoms with E-state index in [2.05, 4.69) is 4.99 Å². The average molecular weight is 352 g/mol. The summed E-state index contributed by atoms with van der Waals surface area (Å²) >= 11 is 1.39. The van der Waals surface area contributed by atoms with Gasteiger partial charge in [-0.05, 0) is 41.6 Å². The van der Waals surface area contributed by atoms with E-state index in [-0.39, 0.29) is 17.4 Å². The Balaban J connectivity index is 2.04. The molecule has 1 aromatic carbocycles. The number of carbonyl (C=O) groups is 1. The first-order valence-electron chi connectivity index (χ1n) is 7.45. The minimum absolute atomic E-state index is 0.0232. The number of guanidine groups is 1. The molecule has 1 aliphatic heterocycles. The molecular formula is C17H14BFN4OS. The first-order valence-corrected chi connectivity index (χ1v) is 8.33. The molecule has 0 saturated carbocycles. The van der Waals surface area contributed by atoms with Crippen molar-refractivity contribution in [1.29, 1.82) is 5.26 Å². The SMILES string of the molecule is [B]C1C(=O)N(C)C(N)=N[C@]1(C)c1cc(-c2ccc(F)c(C#N)c2)cs1. The number of hydrogen-bond donors (Lipinski definition) is 1. The number of nitriles is 1. The number of hydrogen-bond acceptors (Lipinski definition) is 5. The molecule has 1 unspecified atom stereocenters. The summed E-state index contributed by atoms with van der Waals surface area (Å²) in [4.78, 5) is 18.7. The van der Waals surface area contributed by atoms with Crippen molar-refractivity contribution in [2.24, 2.45) is 10.7 Å². The molecule has 2 atom stereocenters. The molecule has 1 aliphatic rings. The van der Waals surface area contributed by atoms with Gasteiger partial charge in [0.25, 0.3) is 0 Å². The van der Waals surface area contributed by atoms with Gasteiger partial charge in [0.2, 0.25) is 5.91 Å². The van der Waals surface area contributed by atoms with E-state index in [4.69, 9.17) is 18.8 Å². The van der Waals surface area contributed by atoms with E-state index in [1.165, 1.54) is 35.4 Å². The second-order valence-electron chi connectivity index (χ2n) is 6.00. The zero-order valence-corrected chi connectivity index (χ0v) is 14.5. The fraction of sp³-hybridized carbons (Fsp3) is 0.235. The molecule has 124 valence electrons. The summed E-state index contributed by atoms with van der Waals surface area (Å²) in [6, 6.07) is 8.01. The van der Waals surface area contributed by atoms with Crippen molar-refractivity contribution >= 4 is 31.0 Å². The van der Waals surface area contributed by atoms with Crippen LogP contribution in [0.1, 0.15) is 17.4 Å². The van der Waals surface area contributed by atoms with Gasteiger partial charge in [-0.25, -0.2) is 9.38 Å². The smallest absolute Gasteiger partial charge is 0.226 e. The number of carbonyl (C=O) groups excluding carboxylic acids is 1. The first kappa shape index (κ1) is 17.2. The van der Waals surface area contributed by atoms with E-state index in [1.54, 1.807) is 13.0 Å². The number of amides is 1. The third-order valence-electron chi connectivity index (χ3n) is 4.41.